The molecule has 1 aromatic rings. The number of urea groups is 1. The summed E-state index contributed by atoms with van der Waals surface area (Å²) in [5, 5.41) is 2.85. The van der Waals surface area contributed by atoms with Crippen LogP contribution in [0.3, 0.4) is 0 Å². The Bertz CT molecular complexity index is 517. The number of piperidine rings is 1. The van der Waals surface area contributed by atoms with E-state index in [0.717, 1.165) is 18.9 Å². The fraction of sp³-hybridized carbons (Fsp3) is 0.562. The van der Waals surface area contributed by atoms with E-state index >= 15 is 0 Å². The first kappa shape index (κ1) is 16.7. The molecule has 1 unspecified atom stereocenters. The average Bonchev–Trinajstić information content (AvgIpc) is 2.54. The van der Waals surface area contributed by atoms with Crippen LogP contribution in [0.15, 0.2) is 18.2 Å². The quantitative estimate of drug-likeness (QED) is 0.929. The van der Waals surface area contributed by atoms with Gasteiger partial charge in [-0.3, -0.25) is 0 Å². The molecule has 122 valence electrons. The second-order valence-corrected chi connectivity index (χ2v) is 5.68. The molecule has 0 aromatic heterocycles. The van der Waals surface area contributed by atoms with Gasteiger partial charge in [-0.1, -0.05) is 13.0 Å². The van der Waals surface area contributed by atoms with E-state index in [4.69, 9.17) is 4.74 Å². The summed E-state index contributed by atoms with van der Waals surface area (Å²) in [6, 6.07) is 3.71. The molecule has 4 nitrogen and oxygen atoms in total. The molecule has 0 aliphatic carbocycles. The Hall–Kier alpha value is -1.69. The molecule has 0 bridgehead atoms. The second kappa shape index (κ2) is 7.54. The van der Waals surface area contributed by atoms with E-state index in [9.17, 15) is 13.6 Å². The lowest BCUT2D eigenvalue weighted by Gasteiger charge is -2.31. The highest BCUT2D eigenvalue weighted by Crippen LogP contribution is 2.18. The van der Waals surface area contributed by atoms with Gasteiger partial charge in [-0.2, -0.15) is 0 Å². The van der Waals surface area contributed by atoms with Crippen molar-refractivity contribution in [2.24, 2.45) is 0 Å². The third-order valence-corrected chi connectivity index (χ3v) is 4.13. The van der Waals surface area contributed by atoms with Crippen LogP contribution in [0.4, 0.5) is 13.6 Å². The molecule has 1 heterocycles. The molecule has 0 radical (unpaired) electrons. The Morgan fingerprint density at radius 3 is 2.64 bits per heavy atom. The minimum absolute atomic E-state index is 0.0874. The summed E-state index contributed by atoms with van der Waals surface area (Å²) in [7, 11) is 1.68. The number of carbonyl (C=O) groups is 1. The van der Waals surface area contributed by atoms with Crippen LogP contribution < -0.4 is 5.32 Å². The number of ether oxygens (including phenoxy) is 1. The van der Waals surface area contributed by atoms with Crippen molar-refractivity contribution in [3.63, 3.8) is 0 Å². The topological polar surface area (TPSA) is 41.6 Å². The Balaban J connectivity index is 1.81. The molecule has 1 N–H and O–H groups in total. The molecule has 2 rings (SSSR count). The minimum atomic E-state index is -0.864. The first-order valence-corrected chi connectivity index (χ1v) is 7.51. The summed E-state index contributed by atoms with van der Waals surface area (Å²) in [5.74, 6) is -1.81. The minimum Gasteiger partial charge on any atom is -0.381 e. The predicted molar refractivity (Wildman–Crippen MR) is 79.8 cm³/mol. The van der Waals surface area contributed by atoms with Crippen molar-refractivity contribution in [3.05, 3.63) is 35.4 Å². The predicted octanol–water partition coefficient (Wildman–Crippen LogP) is 2.89. The lowest BCUT2D eigenvalue weighted by molar-refractivity contribution is 0.0503. The van der Waals surface area contributed by atoms with Gasteiger partial charge in [0.25, 0.3) is 0 Å². The van der Waals surface area contributed by atoms with Gasteiger partial charge in [-0.15, -0.1) is 0 Å². The second-order valence-electron chi connectivity index (χ2n) is 5.68. The molecule has 0 spiro atoms. The largest absolute Gasteiger partial charge is 0.381 e. The molecule has 1 fully saturated rings. The Morgan fingerprint density at radius 1 is 1.36 bits per heavy atom. The Labute approximate surface area is 129 Å². The van der Waals surface area contributed by atoms with Gasteiger partial charge in [0.1, 0.15) is 0 Å². The number of benzene rings is 1. The first-order valence-electron chi connectivity index (χ1n) is 7.51. The highest BCUT2D eigenvalue weighted by Gasteiger charge is 2.22. The molecule has 22 heavy (non-hydrogen) atoms. The average molecular weight is 312 g/mol. The number of halogens is 2. The number of nitrogens with zero attached hydrogens (tertiary/aromatic N) is 1. The Kier molecular flexibility index (Phi) is 5.71. The standard InChI is InChI=1S/C16H22F2N2O2/c1-11(12-3-4-14(17)15(18)9-12)10-19-16(21)20-7-5-13(22-2)6-8-20/h3-4,9,11,13H,5-8,10H2,1-2H3,(H,19,21). The van der Waals surface area contributed by atoms with Crippen molar-refractivity contribution in [3.8, 4) is 0 Å². The van der Waals surface area contributed by atoms with Gasteiger partial charge in [0.15, 0.2) is 11.6 Å². The van der Waals surface area contributed by atoms with Crippen molar-refractivity contribution in [2.45, 2.75) is 31.8 Å². The maximum absolute atomic E-state index is 13.2. The zero-order valence-electron chi connectivity index (χ0n) is 12.9. The molecular weight excluding hydrogens is 290 g/mol. The van der Waals surface area contributed by atoms with Crippen LogP contribution >= 0.6 is 0 Å². The monoisotopic (exact) mass is 312 g/mol. The molecule has 1 aliphatic rings. The van der Waals surface area contributed by atoms with Gasteiger partial charge in [0, 0.05) is 26.7 Å². The maximum Gasteiger partial charge on any atom is 0.317 e. The number of methoxy groups -OCH3 is 1. The van der Waals surface area contributed by atoms with Crippen LogP contribution in [0, 0.1) is 11.6 Å². The van der Waals surface area contributed by atoms with Crippen LogP contribution in [0.2, 0.25) is 0 Å². The maximum atomic E-state index is 13.2. The van der Waals surface area contributed by atoms with E-state index in [0.29, 0.717) is 25.2 Å². The molecule has 1 aromatic carbocycles. The van der Waals surface area contributed by atoms with E-state index in [-0.39, 0.29) is 18.1 Å². The molecule has 1 atom stereocenters. The van der Waals surface area contributed by atoms with Crippen molar-refractivity contribution in [1.82, 2.24) is 10.2 Å². The van der Waals surface area contributed by atoms with Crippen molar-refractivity contribution < 1.29 is 18.3 Å². The molecule has 2 amide bonds. The summed E-state index contributed by atoms with van der Waals surface area (Å²) in [6.07, 6.45) is 1.90. The van der Waals surface area contributed by atoms with Gasteiger partial charge in [-0.05, 0) is 36.5 Å². The molecular formula is C16H22F2N2O2. The van der Waals surface area contributed by atoms with Crippen molar-refractivity contribution >= 4 is 6.03 Å². The van der Waals surface area contributed by atoms with Gasteiger partial charge in [0.05, 0.1) is 6.10 Å². The lowest BCUT2D eigenvalue weighted by atomic mass is 10.0. The summed E-state index contributed by atoms with van der Waals surface area (Å²) in [6.45, 7) is 3.59. The number of nitrogens with one attached hydrogen (secondary N) is 1. The SMILES string of the molecule is COC1CCN(C(=O)NCC(C)c2ccc(F)c(F)c2)CC1. The van der Waals surface area contributed by atoms with Crippen molar-refractivity contribution in [2.75, 3.05) is 26.7 Å². The van der Waals surface area contributed by atoms with Gasteiger partial charge < -0.3 is 15.0 Å². The van der Waals surface area contributed by atoms with Gasteiger partial charge >= 0.3 is 6.03 Å². The smallest absolute Gasteiger partial charge is 0.317 e. The van der Waals surface area contributed by atoms with Crippen LogP contribution in [-0.4, -0.2) is 43.8 Å². The number of likely N-dealkylation sites (tertiary alicyclic amines) is 1. The van der Waals surface area contributed by atoms with Crippen LogP contribution in [0.25, 0.3) is 0 Å². The highest BCUT2D eigenvalue weighted by atomic mass is 19.2. The third-order valence-electron chi connectivity index (χ3n) is 4.13. The van der Waals surface area contributed by atoms with E-state index in [1.165, 1.54) is 6.07 Å². The number of hydrogen-bond donors (Lipinski definition) is 1. The third kappa shape index (κ3) is 4.16. The first-order chi connectivity index (χ1) is 10.5. The fourth-order valence-electron chi connectivity index (χ4n) is 2.58. The van der Waals surface area contributed by atoms with Crippen LogP contribution in [0.1, 0.15) is 31.2 Å². The highest BCUT2D eigenvalue weighted by molar-refractivity contribution is 5.74. The van der Waals surface area contributed by atoms with Gasteiger partial charge in [-0.25, -0.2) is 13.6 Å². The number of hydrogen-bond acceptors (Lipinski definition) is 2. The zero-order valence-corrected chi connectivity index (χ0v) is 12.9. The summed E-state index contributed by atoms with van der Waals surface area (Å²) >= 11 is 0. The lowest BCUT2D eigenvalue weighted by Crippen LogP contribution is -2.46. The zero-order chi connectivity index (χ0) is 16.1. The normalized spacial score (nSPS) is 17.4. The Morgan fingerprint density at radius 2 is 2.05 bits per heavy atom. The molecule has 6 heteroatoms. The van der Waals surface area contributed by atoms with Crippen LogP contribution in [0.5, 0.6) is 0 Å². The van der Waals surface area contributed by atoms with E-state index < -0.39 is 11.6 Å². The number of amides is 2. The molecule has 0 saturated carbocycles. The van der Waals surface area contributed by atoms with E-state index in [1.807, 2.05) is 6.92 Å². The number of carbonyl (C=O) groups excluding carboxylic acids is 1. The van der Waals surface area contributed by atoms with Crippen molar-refractivity contribution in [1.29, 1.82) is 0 Å². The van der Waals surface area contributed by atoms with Gasteiger partial charge in [0.2, 0.25) is 0 Å². The number of rotatable bonds is 4. The molecule has 1 aliphatic heterocycles. The van der Waals surface area contributed by atoms with E-state index in [2.05, 4.69) is 5.32 Å². The molecule has 1 saturated heterocycles. The van der Waals surface area contributed by atoms with E-state index in [1.54, 1.807) is 18.1 Å². The summed E-state index contributed by atoms with van der Waals surface area (Å²) in [5.41, 5.74) is 0.664. The van der Waals surface area contributed by atoms with Crippen LogP contribution in [-0.2, 0) is 4.74 Å². The summed E-state index contributed by atoms with van der Waals surface area (Å²) in [4.78, 5) is 13.8. The summed E-state index contributed by atoms with van der Waals surface area (Å²) < 4.78 is 31.4. The fourth-order valence-corrected chi connectivity index (χ4v) is 2.58.